The summed E-state index contributed by atoms with van der Waals surface area (Å²) in [6.07, 6.45) is 5.71. The van der Waals surface area contributed by atoms with Crippen LogP contribution in [-0.2, 0) is 20.8 Å². The highest BCUT2D eigenvalue weighted by Gasteiger charge is 2.26. The SMILES string of the molecule is COCCNc1ncc2cc(-c3cc(OC)cc(OC)c3Cl)c(=O)n(CCOC3CCN(C(=O)/C=C/CN(C)C)C3)c2n1. The normalized spacial score (nSPS) is 15.1. The summed E-state index contributed by atoms with van der Waals surface area (Å²) in [6, 6.07) is 5.08. The molecule has 0 radical (unpaired) electrons. The average molecular weight is 615 g/mol. The molecule has 1 amide bonds. The first-order valence-electron chi connectivity index (χ1n) is 14.0. The minimum absolute atomic E-state index is 0.0290. The molecule has 1 fully saturated rings. The number of anilines is 1. The van der Waals surface area contributed by atoms with Crippen LogP contribution in [0.4, 0.5) is 5.95 Å². The van der Waals surface area contributed by atoms with Crippen molar-refractivity contribution in [1.82, 2.24) is 24.3 Å². The van der Waals surface area contributed by atoms with E-state index < -0.39 is 0 Å². The van der Waals surface area contributed by atoms with E-state index in [1.165, 1.54) is 14.2 Å². The molecule has 1 saturated heterocycles. The molecule has 0 spiro atoms. The number of fused-ring (bicyclic) bond motifs is 1. The second kappa shape index (κ2) is 15.1. The van der Waals surface area contributed by atoms with Crippen molar-refractivity contribution in [2.45, 2.75) is 19.1 Å². The Balaban J connectivity index is 1.61. The molecule has 232 valence electrons. The lowest BCUT2D eigenvalue weighted by Gasteiger charge is -2.17. The topological polar surface area (TPSA) is 120 Å². The van der Waals surface area contributed by atoms with E-state index in [-0.39, 0.29) is 35.7 Å². The molecule has 4 rings (SSSR count). The van der Waals surface area contributed by atoms with E-state index in [4.69, 9.17) is 30.5 Å². The van der Waals surface area contributed by atoms with Gasteiger partial charge in [0.15, 0.2) is 0 Å². The smallest absolute Gasteiger partial charge is 0.260 e. The number of pyridine rings is 1. The van der Waals surface area contributed by atoms with Gasteiger partial charge in [-0.15, -0.1) is 0 Å². The number of halogens is 1. The molecule has 3 heterocycles. The van der Waals surface area contributed by atoms with Crippen LogP contribution in [0.3, 0.4) is 0 Å². The number of nitrogens with zero attached hydrogens (tertiary/aromatic N) is 5. The van der Waals surface area contributed by atoms with Crippen LogP contribution in [0.1, 0.15) is 6.42 Å². The van der Waals surface area contributed by atoms with Gasteiger partial charge in [-0.2, -0.15) is 4.98 Å². The third-order valence-electron chi connectivity index (χ3n) is 7.03. The minimum Gasteiger partial charge on any atom is -0.497 e. The van der Waals surface area contributed by atoms with Crippen LogP contribution in [-0.4, -0.2) is 111 Å². The number of benzene rings is 1. The maximum atomic E-state index is 14.0. The lowest BCUT2D eigenvalue weighted by atomic mass is 10.0. The van der Waals surface area contributed by atoms with Crippen LogP contribution in [0.5, 0.6) is 11.5 Å². The molecule has 12 nitrogen and oxygen atoms in total. The quantitative estimate of drug-likeness (QED) is 0.214. The van der Waals surface area contributed by atoms with Crippen LogP contribution in [0.25, 0.3) is 22.2 Å². The fourth-order valence-corrected chi connectivity index (χ4v) is 5.08. The van der Waals surface area contributed by atoms with Crippen molar-refractivity contribution in [2.24, 2.45) is 0 Å². The highest BCUT2D eigenvalue weighted by molar-refractivity contribution is 6.35. The van der Waals surface area contributed by atoms with Gasteiger partial charge in [-0.3, -0.25) is 14.2 Å². The number of hydrogen-bond acceptors (Lipinski definition) is 10. The van der Waals surface area contributed by atoms with Gasteiger partial charge >= 0.3 is 0 Å². The number of hydrogen-bond donors (Lipinski definition) is 1. The summed E-state index contributed by atoms with van der Waals surface area (Å²) in [6.45, 7) is 3.26. The summed E-state index contributed by atoms with van der Waals surface area (Å²) in [4.78, 5) is 39.4. The highest BCUT2D eigenvalue weighted by atomic mass is 35.5. The maximum absolute atomic E-state index is 14.0. The first kappa shape index (κ1) is 32.2. The lowest BCUT2D eigenvalue weighted by molar-refractivity contribution is -0.125. The van der Waals surface area contributed by atoms with Crippen molar-refractivity contribution in [3.63, 3.8) is 0 Å². The molecule has 1 aliphatic rings. The molecule has 0 saturated carbocycles. The van der Waals surface area contributed by atoms with Gasteiger partial charge in [0.25, 0.3) is 5.56 Å². The number of likely N-dealkylation sites (N-methyl/N-ethyl adjacent to an activating group) is 1. The zero-order valence-corrected chi connectivity index (χ0v) is 26.0. The minimum atomic E-state index is -0.302. The third kappa shape index (κ3) is 8.02. The summed E-state index contributed by atoms with van der Waals surface area (Å²) < 4.78 is 23.7. The summed E-state index contributed by atoms with van der Waals surface area (Å²) in [5.74, 6) is 1.23. The second-order valence-electron chi connectivity index (χ2n) is 10.3. The van der Waals surface area contributed by atoms with Crippen LogP contribution in [0, 0.1) is 0 Å². The predicted molar refractivity (Wildman–Crippen MR) is 166 cm³/mol. The van der Waals surface area contributed by atoms with E-state index in [1.807, 2.05) is 25.1 Å². The van der Waals surface area contributed by atoms with E-state index in [1.54, 1.807) is 47.0 Å². The van der Waals surface area contributed by atoms with E-state index in [0.717, 1.165) is 6.42 Å². The van der Waals surface area contributed by atoms with Gasteiger partial charge in [-0.05, 0) is 32.6 Å². The summed E-state index contributed by atoms with van der Waals surface area (Å²) in [5, 5.41) is 4.05. The third-order valence-corrected chi connectivity index (χ3v) is 7.42. The van der Waals surface area contributed by atoms with E-state index >= 15 is 0 Å². The number of carbonyl (C=O) groups excluding carboxylic acids is 1. The molecule has 0 bridgehead atoms. The number of aromatic nitrogens is 3. The first-order chi connectivity index (χ1) is 20.7. The number of nitrogens with one attached hydrogen (secondary N) is 1. The number of ether oxygens (including phenoxy) is 4. The largest absolute Gasteiger partial charge is 0.497 e. The Labute approximate surface area is 256 Å². The number of likely N-dealkylation sites (tertiary alicyclic amines) is 1. The highest BCUT2D eigenvalue weighted by Crippen LogP contribution is 2.38. The fourth-order valence-electron chi connectivity index (χ4n) is 4.79. The Bertz CT molecular complexity index is 1510. The second-order valence-corrected chi connectivity index (χ2v) is 10.7. The van der Waals surface area contributed by atoms with E-state index in [9.17, 15) is 9.59 Å². The molecule has 1 aromatic carbocycles. The van der Waals surface area contributed by atoms with Crippen LogP contribution in [0.15, 0.2) is 41.3 Å². The van der Waals surface area contributed by atoms with Gasteiger partial charge in [0.2, 0.25) is 11.9 Å². The molecular weight excluding hydrogens is 576 g/mol. The van der Waals surface area contributed by atoms with Gasteiger partial charge < -0.3 is 34.1 Å². The van der Waals surface area contributed by atoms with E-state index in [0.29, 0.717) is 72.4 Å². The van der Waals surface area contributed by atoms with Crippen LogP contribution in [0.2, 0.25) is 5.02 Å². The summed E-state index contributed by atoms with van der Waals surface area (Å²) in [5.41, 5.74) is 0.964. The zero-order valence-electron chi connectivity index (χ0n) is 25.3. The first-order valence-corrected chi connectivity index (χ1v) is 14.4. The molecule has 13 heteroatoms. The number of carbonyl (C=O) groups is 1. The lowest BCUT2D eigenvalue weighted by Crippen LogP contribution is -2.30. The molecule has 1 N–H and O–H groups in total. The molecule has 43 heavy (non-hydrogen) atoms. The zero-order chi connectivity index (χ0) is 30.9. The van der Waals surface area contributed by atoms with Crippen molar-refractivity contribution in [2.75, 3.05) is 80.1 Å². The number of rotatable bonds is 14. The molecular formula is C30H39ClN6O6. The molecule has 1 aliphatic heterocycles. The maximum Gasteiger partial charge on any atom is 0.260 e. The van der Waals surface area contributed by atoms with Gasteiger partial charge in [0.1, 0.15) is 17.1 Å². The van der Waals surface area contributed by atoms with Crippen LogP contribution < -0.4 is 20.3 Å². The molecule has 2 aromatic heterocycles. The fraction of sp³-hybridized carbons (Fsp3) is 0.467. The monoisotopic (exact) mass is 614 g/mol. The molecule has 1 atom stereocenters. The van der Waals surface area contributed by atoms with Crippen molar-refractivity contribution in [1.29, 1.82) is 0 Å². The average Bonchev–Trinajstić information content (AvgIpc) is 3.47. The van der Waals surface area contributed by atoms with Crippen LogP contribution >= 0.6 is 11.6 Å². The molecule has 0 aliphatic carbocycles. The van der Waals surface area contributed by atoms with Gasteiger partial charge in [0, 0.05) is 68.1 Å². The van der Waals surface area contributed by atoms with Gasteiger partial charge in [-0.1, -0.05) is 17.7 Å². The van der Waals surface area contributed by atoms with Crippen molar-refractivity contribution in [3.05, 3.63) is 51.9 Å². The van der Waals surface area contributed by atoms with Gasteiger partial charge in [0.05, 0.1) is 45.1 Å². The Morgan fingerprint density at radius 2 is 1.98 bits per heavy atom. The standard InChI is InChI=1S/C30H39ClN6O6/c1-35(2)10-6-7-26(38)36-11-8-21(19-36)43-14-12-37-28-20(18-33-30(34-28)32-9-13-40-3)15-24(29(37)39)23-16-22(41-4)17-25(42-5)27(23)31/h6-7,15-18,21H,8-14,19H2,1-5H3,(H,32,33,34)/b7-6+. The number of methoxy groups -OCH3 is 3. The summed E-state index contributed by atoms with van der Waals surface area (Å²) in [7, 11) is 8.55. The molecule has 3 aromatic rings. The van der Waals surface area contributed by atoms with Crippen molar-refractivity contribution >= 4 is 34.5 Å². The molecule has 1 unspecified atom stereocenters. The predicted octanol–water partition coefficient (Wildman–Crippen LogP) is 2.92. The van der Waals surface area contributed by atoms with Gasteiger partial charge in [-0.25, -0.2) is 4.98 Å². The Morgan fingerprint density at radius 3 is 2.70 bits per heavy atom. The van der Waals surface area contributed by atoms with E-state index in [2.05, 4.69) is 15.3 Å². The Hall–Kier alpha value is -3.71. The Kier molecular flexibility index (Phi) is 11.3. The summed E-state index contributed by atoms with van der Waals surface area (Å²) >= 11 is 6.67. The Morgan fingerprint density at radius 1 is 1.16 bits per heavy atom. The number of amides is 1. The van der Waals surface area contributed by atoms with Crippen molar-refractivity contribution in [3.8, 4) is 22.6 Å². The van der Waals surface area contributed by atoms with Crippen molar-refractivity contribution < 1.29 is 23.7 Å².